The second-order valence-electron chi connectivity index (χ2n) is 6.01. The molecule has 0 bridgehead atoms. The molecule has 1 aromatic carbocycles. The van der Waals surface area contributed by atoms with Crippen molar-refractivity contribution < 1.29 is 19.8 Å². The van der Waals surface area contributed by atoms with E-state index in [1.807, 2.05) is 13.0 Å². The summed E-state index contributed by atoms with van der Waals surface area (Å²) in [5.74, 6) is -1.25. The summed E-state index contributed by atoms with van der Waals surface area (Å²) in [5.41, 5.74) is -1.45. The van der Waals surface area contributed by atoms with Crippen molar-refractivity contribution in [3.05, 3.63) is 35.9 Å². The molecule has 1 aliphatic rings. The molecule has 0 saturated carbocycles. The average Bonchev–Trinajstić information content (AvgIpc) is 2.44. The standard InChI is InChI=1S/C16H21NO4/c1-3-16(21)10-17(11-16)13(18)9-15(2,14(19)20)12-7-5-4-6-8-12/h4-8,21H,3,9-11H2,1-2H3,(H,19,20). The molecule has 1 saturated heterocycles. The third-order valence-electron chi connectivity index (χ3n) is 4.37. The summed E-state index contributed by atoms with van der Waals surface area (Å²) in [6.07, 6.45) is 0.484. The van der Waals surface area contributed by atoms with Gasteiger partial charge in [0.05, 0.1) is 24.1 Å². The molecule has 1 aliphatic heterocycles. The average molecular weight is 291 g/mol. The first-order valence-electron chi connectivity index (χ1n) is 7.10. The quantitative estimate of drug-likeness (QED) is 0.859. The predicted octanol–water partition coefficient (Wildman–Crippen LogP) is 1.40. The topological polar surface area (TPSA) is 77.8 Å². The molecule has 1 aromatic rings. The Hall–Kier alpha value is -1.88. The Bertz CT molecular complexity index is 536. The zero-order valence-corrected chi connectivity index (χ0v) is 12.4. The van der Waals surface area contributed by atoms with Crippen LogP contribution in [0.4, 0.5) is 0 Å². The van der Waals surface area contributed by atoms with Crippen LogP contribution in [0, 0.1) is 0 Å². The molecule has 0 aromatic heterocycles. The fourth-order valence-electron chi connectivity index (χ4n) is 2.59. The SMILES string of the molecule is CCC1(O)CN(C(=O)CC(C)(C(=O)O)c2ccccc2)C1. The van der Waals surface area contributed by atoms with Gasteiger partial charge in [0.1, 0.15) is 0 Å². The van der Waals surface area contributed by atoms with Crippen molar-refractivity contribution in [2.75, 3.05) is 13.1 Å². The lowest BCUT2D eigenvalue weighted by atomic mass is 9.78. The first kappa shape index (κ1) is 15.5. The van der Waals surface area contributed by atoms with Crippen LogP contribution >= 0.6 is 0 Å². The molecule has 1 unspecified atom stereocenters. The zero-order chi connectivity index (χ0) is 15.7. The lowest BCUT2D eigenvalue weighted by Gasteiger charge is -2.46. The number of carboxylic acids is 1. The fraction of sp³-hybridized carbons (Fsp3) is 0.500. The van der Waals surface area contributed by atoms with Gasteiger partial charge in [-0.2, -0.15) is 0 Å². The number of hydrogen-bond acceptors (Lipinski definition) is 3. The first-order valence-corrected chi connectivity index (χ1v) is 7.10. The number of carbonyl (C=O) groups is 2. The maximum atomic E-state index is 12.3. The molecule has 0 aliphatic carbocycles. The second-order valence-corrected chi connectivity index (χ2v) is 6.01. The summed E-state index contributed by atoms with van der Waals surface area (Å²) in [6, 6.07) is 8.78. The van der Waals surface area contributed by atoms with Crippen LogP contribution in [-0.2, 0) is 15.0 Å². The van der Waals surface area contributed by atoms with Crippen LogP contribution in [0.2, 0.25) is 0 Å². The summed E-state index contributed by atoms with van der Waals surface area (Å²) in [6.45, 7) is 4.00. The third kappa shape index (κ3) is 2.93. The van der Waals surface area contributed by atoms with Gasteiger partial charge in [0.25, 0.3) is 0 Å². The lowest BCUT2D eigenvalue weighted by molar-refractivity contribution is -0.160. The van der Waals surface area contributed by atoms with Crippen molar-refractivity contribution in [3.63, 3.8) is 0 Å². The van der Waals surface area contributed by atoms with E-state index in [0.717, 1.165) is 0 Å². The largest absolute Gasteiger partial charge is 0.481 e. The Labute approximate surface area is 124 Å². The number of rotatable bonds is 5. The van der Waals surface area contributed by atoms with Gasteiger partial charge >= 0.3 is 5.97 Å². The predicted molar refractivity (Wildman–Crippen MR) is 77.9 cm³/mol. The molecule has 0 radical (unpaired) electrons. The smallest absolute Gasteiger partial charge is 0.314 e. The van der Waals surface area contributed by atoms with Crippen LogP contribution in [0.3, 0.4) is 0 Å². The number of aliphatic hydroxyl groups is 1. The van der Waals surface area contributed by atoms with Gasteiger partial charge in [-0.25, -0.2) is 0 Å². The number of amides is 1. The Balaban J connectivity index is 2.12. The van der Waals surface area contributed by atoms with E-state index in [1.54, 1.807) is 31.2 Å². The van der Waals surface area contributed by atoms with Crippen molar-refractivity contribution in [2.24, 2.45) is 0 Å². The highest BCUT2D eigenvalue weighted by atomic mass is 16.4. The number of carboxylic acid groups (broad SMARTS) is 1. The van der Waals surface area contributed by atoms with Gasteiger partial charge in [-0.15, -0.1) is 0 Å². The van der Waals surface area contributed by atoms with Crippen molar-refractivity contribution in [3.8, 4) is 0 Å². The minimum atomic E-state index is -1.25. The lowest BCUT2D eigenvalue weighted by Crippen LogP contribution is -2.63. The number of hydrogen-bond donors (Lipinski definition) is 2. The number of aliphatic carboxylic acids is 1. The monoisotopic (exact) mass is 291 g/mol. The van der Waals surface area contributed by atoms with Crippen LogP contribution in [0.1, 0.15) is 32.3 Å². The molecule has 1 amide bonds. The van der Waals surface area contributed by atoms with E-state index in [2.05, 4.69) is 0 Å². The molecule has 2 N–H and O–H groups in total. The fourth-order valence-corrected chi connectivity index (χ4v) is 2.59. The van der Waals surface area contributed by atoms with Gasteiger partial charge in [0.2, 0.25) is 5.91 Å². The highest BCUT2D eigenvalue weighted by Gasteiger charge is 2.45. The summed E-state index contributed by atoms with van der Waals surface area (Å²) in [5, 5.41) is 19.5. The molecule has 0 spiro atoms. The number of β-amino-alcohol motifs (C(OH)–C–C–N with tert-alkyl or cyclic N) is 1. The van der Waals surface area contributed by atoms with Gasteiger partial charge in [-0.3, -0.25) is 9.59 Å². The molecule has 1 fully saturated rings. The van der Waals surface area contributed by atoms with Crippen molar-refractivity contribution in [1.29, 1.82) is 0 Å². The van der Waals surface area contributed by atoms with Gasteiger partial charge in [0, 0.05) is 6.42 Å². The summed E-state index contributed by atoms with van der Waals surface area (Å²) < 4.78 is 0. The van der Waals surface area contributed by atoms with Crippen molar-refractivity contribution >= 4 is 11.9 Å². The van der Waals surface area contributed by atoms with E-state index in [9.17, 15) is 19.8 Å². The second kappa shape index (κ2) is 5.48. The van der Waals surface area contributed by atoms with Gasteiger partial charge in [0.15, 0.2) is 0 Å². The van der Waals surface area contributed by atoms with Crippen LogP contribution in [0.15, 0.2) is 30.3 Å². The molecule has 5 nitrogen and oxygen atoms in total. The van der Waals surface area contributed by atoms with E-state index in [1.165, 1.54) is 4.90 Å². The van der Waals surface area contributed by atoms with Crippen LogP contribution in [0.25, 0.3) is 0 Å². The molecular weight excluding hydrogens is 270 g/mol. The van der Waals surface area contributed by atoms with Crippen LogP contribution in [-0.4, -0.2) is 45.7 Å². The van der Waals surface area contributed by atoms with E-state index < -0.39 is 17.0 Å². The van der Waals surface area contributed by atoms with Crippen LogP contribution < -0.4 is 0 Å². The number of nitrogens with zero attached hydrogens (tertiary/aromatic N) is 1. The number of likely N-dealkylation sites (tertiary alicyclic amines) is 1. The first-order chi connectivity index (χ1) is 9.81. The van der Waals surface area contributed by atoms with E-state index >= 15 is 0 Å². The summed E-state index contributed by atoms with van der Waals surface area (Å²) >= 11 is 0. The highest BCUT2D eigenvalue weighted by molar-refractivity contribution is 5.89. The maximum absolute atomic E-state index is 12.3. The van der Waals surface area contributed by atoms with Gasteiger partial charge < -0.3 is 15.1 Å². The van der Waals surface area contributed by atoms with E-state index in [4.69, 9.17) is 0 Å². The Kier molecular flexibility index (Phi) is 4.05. The number of carbonyl (C=O) groups excluding carboxylic acids is 1. The Morgan fingerprint density at radius 1 is 1.29 bits per heavy atom. The minimum absolute atomic E-state index is 0.105. The van der Waals surface area contributed by atoms with E-state index in [0.29, 0.717) is 12.0 Å². The molecule has 5 heteroatoms. The maximum Gasteiger partial charge on any atom is 0.314 e. The molecule has 1 heterocycles. The summed E-state index contributed by atoms with van der Waals surface area (Å²) in [7, 11) is 0. The van der Waals surface area contributed by atoms with Crippen LogP contribution in [0.5, 0.6) is 0 Å². The minimum Gasteiger partial charge on any atom is -0.481 e. The molecule has 114 valence electrons. The van der Waals surface area contributed by atoms with Crippen molar-refractivity contribution in [1.82, 2.24) is 4.90 Å². The van der Waals surface area contributed by atoms with Gasteiger partial charge in [-0.1, -0.05) is 37.3 Å². The normalized spacial score (nSPS) is 19.5. The van der Waals surface area contributed by atoms with E-state index in [-0.39, 0.29) is 25.4 Å². The molecule has 1 atom stereocenters. The Morgan fingerprint density at radius 3 is 2.33 bits per heavy atom. The number of benzene rings is 1. The van der Waals surface area contributed by atoms with Crippen molar-refractivity contribution in [2.45, 2.75) is 37.7 Å². The molecule has 2 rings (SSSR count). The zero-order valence-electron chi connectivity index (χ0n) is 12.4. The summed E-state index contributed by atoms with van der Waals surface area (Å²) in [4.78, 5) is 25.4. The molecule has 21 heavy (non-hydrogen) atoms. The van der Waals surface area contributed by atoms with Gasteiger partial charge in [-0.05, 0) is 18.9 Å². The molecular formula is C16H21NO4. The Morgan fingerprint density at radius 2 is 1.86 bits per heavy atom. The third-order valence-corrected chi connectivity index (χ3v) is 4.37. The highest BCUT2D eigenvalue weighted by Crippen LogP contribution is 2.31.